The van der Waals surface area contributed by atoms with Gasteiger partial charge in [-0.25, -0.2) is 0 Å². The van der Waals surface area contributed by atoms with Crippen LogP contribution in [0.3, 0.4) is 0 Å². The molecule has 1 unspecified atom stereocenters. The molecule has 5 heteroatoms. The van der Waals surface area contributed by atoms with Crippen LogP contribution in [0.1, 0.15) is 20.8 Å². The molecular formula is C12H25NO4. The third kappa shape index (κ3) is 9.09. The van der Waals surface area contributed by atoms with E-state index in [9.17, 15) is 4.79 Å². The molecule has 0 radical (unpaired) electrons. The molecule has 0 bridgehead atoms. The molecule has 102 valence electrons. The number of hydrogen-bond acceptors (Lipinski definition) is 5. The molecule has 1 atom stereocenters. The zero-order valence-corrected chi connectivity index (χ0v) is 11.3. The molecule has 0 aliphatic carbocycles. The van der Waals surface area contributed by atoms with Crippen LogP contribution in [0.4, 0.5) is 0 Å². The van der Waals surface area contributed by atoms with Crippen molar-refractivity contribution >= 4 is 5.97 Å². The first kappa shape index (κ1) is 16.4. The van der Waals surface area contributed by atoms with Gasteiger partial charge in [-0.1, -0.05) is 13.8 Å². The SMILES string of the molecule is CCOC(=O)C(COCCOCC(C)C)NC. The van der Waals surface area contributed by atoms with E-state index in [0.717, 1.165) is 6.61 Å². The van der Waals surface area contributed by atoms with Crippen LogP contribution in [0.2, 0.25) is 0 Å². The number of rotatable bonds is 10. The number of likely N-dealkylation sites (N-methyl/N-ethyl adjacent to an activating group) is 1. The second-order valence-corrected chi connectivity index (χ2v) is 4.14. The van der Waals surface area contributed by atoms with Gasteiger partial charge in [0.25, 0.3) is 0 Å². The van der Waals surface area contributed by atoms with Crippen LogP contribution in [0, 0.1) is 5.92 Å². The van der Waals surface area contributed by atoms with Gasteiger partial charge in [0.2, 0.25) is 0 Å². The van der Waals surface area contributed by atoms with Crippen LogP contribution in [-0.2, 0) is 19.0 Å². The van der Waals surface area contributed by atoms with E-state index >= 15 is 0 Å². The Balaban J connectivity index is 3.53. The van der Waals surface area contributed by atoms with Gasteiger partial charge in [-0.2, -0.15) is 0 Å². The zero-order valence-electron chi connectivity index (χ0n) is 11.3. The average molecular weight is 247 g/mol. The van der Waals surface area contributed by atoms with Gasteiger partial charge in [0, 0.05) is 6.61 Å². The van der Waals surface area contributed by atoms with Crippen LogP contribution in [0.5, 0.6) is 0 Å². The van der Waals surface area contributed by atoms with Crippen molar-refractivity contribution in [2.75, 3.05) is 40.1 Å². The Labute approximate surface area is 104 Å². The van der Waals surface area contributed by atoms with E-state index in [2.05, 4.69) is 19.2 Å². The molecule has 0 fully saturated rings. The van der Waals surface area contributed by atoms with E-state index in [-0.39, 0.29) is 5.97 Å². The van der Waals surface area contributed by atoms with Gasteiger partial charge >= 0.3 is 5.97 Å². The summed E-state index contributed by atoms with van der Waals surface area (Å²) in [7, 11) is 1.71. The lowest BCUT2D eigenvalue weighted by Crippen LogP contribution is -2.39. The quantitative estimate of drug-likeness (QED) is 0.458. The molecule has 0 heterocycles. The Morgan fingerprint density at radius 3 is 2.24 bits per heavy atom. The molecule has 0 spiro atoms. The number of carbonyl (C=O) groups excluding carboxylic acids is 1. The molecule has 0 amide bonds. The standard InChI is InChI=1S/C12H25NO4/c1-5-17-12(14)11(13-4)9-16-7-6-15-8-10(2)3/h10-11,13H,5-9H2,1-4H3. The molecule has 5 nitrogen and oxygen atoms in total. The first-order valence-electron chi connectivity index (χ1n) is 6.11. The largest absolute Gasteiger partial charge is 0.465 e. The van der Waals surface area contributed by atoms with Gasteiger partial charge in [0.1, 0.15) is 6.04 Å². The summed E-state index contributed by atoms with van der Waals surface area (Å²) in [6.45, 7) is 8.44. The lowest BCUT2D eigenvalue weighted by atomic mass is 10.2. The van der Waals surface area contributed by atoms with Crippen molar-refractivity contribution in [3.63, 3.8) is 0 Å². The predicted molar refractivity (Wildman–Crippen MR) is 66.0 cm³/mol. The molecule has 17 heavy (non-hydrogen) atoms. The molecule has 0 aliphatic rings. The van der Waals surface area contributed by atoms with E-state index in [1.54, 1.807) is 14.0 Å². The second kappa shape index (κ2) is 10.5. The van der Waals surface area contributed by atoms with Crippen LogP contribution < -0.4 is 5.32 Å². The summed E-state index contributed by atoms with van der Waals surface area (Å²) < 4.78 is 15.6. The molecule has 0 saturated carbocycles. The van der Waals surface area contributed by atoms with Crippen molar-refractivity contribution in [3.05, 3.63) is 0 Å². The predicted octanol–water partition coefficient (Wildman–Crippen LogP) is 0.827. The monoisotopic (exact) mass is 247 g/mol. The first-order valence-corrected chi connectivity index (χ1v) is 6.11. The summed E-state index contributed by atoms with van der Waals surface area (Å²) >= 11 is 0. The van der Waals surface area contributed by atoms with Crippen molar-refractivity contribution in [2.24, 2.45) is 5.92 Å². The third-order valence-corrected chi connectivity index (χ3v) is 2.03. The maximum atomic E-state index is 11.4. The Morgan fingerprint density at radius 2 is 1.76 bits per heavy atom. The summed E-state index contributed by atoms with van der Waals surface area (Å²) in [6, 6.07) is -0.403. The lowest BCUT2D eigenvalue weighted by Gasteiger charge is -2.15. The summed E-state index contributed by atoms with van der Waals surface area (Å²) in [4.78, 5) is 11.4. The fourth-order valence-corrected chi connectivity index (χ4v) is 1.15. The maximum absolute atomic E-state index is 11.4. The molecular weight excluding hydrogens is 222 g/mol. The van der Waals surface area contributed by atoms with Crippen LogP contribution in [0.25, 0.3) is 0 Å². The Hall–Kier alpha value is -0.650. The van der Waals surface area contributed by atoms with E-state index in [1.165, 1.54) is 0 Å². The van der Waals surface area contributed by atoms with Crippen LogP contribution in [-0.4, -0.2) is 52.1 Å². The molecule has 0 saturated heterocycles. The fourth-order valence-electron chi connectivity index (χ4n) is 1.15. The van der Waals surface area contributed by atoms with Gasteiger partial charge < -0.3 is 19.5 Å². The fraction of sp³-hybridized carbons (Fsp3) is 0.917. The molecule has 0 aromatic carbocycles. The van der Waals surface area contributed by atoms with Gasteiger partial charge in [-0.3, -0.25) is 4.79 Å². The van der Waals surface area contributed by atoms with Crippen LogP contribution in [0.15, 0.2) is 0 Å². The van der Waals surface area contributed by atoms with E-state index < -0.39 is 6.04 Å². The van der Waals surface area contributed by atoms with Gasteiger partial charge in [-0.05, 0) is 19.9 Å². The average Bonchev–Trinajstić information content (AvgIpc) is 2.28. The Kier molecular flexibility index (Phi) is 10.1. The highest BCUT2D eigenvalue weighted by molar-refractivity contribution is 5.75. The smallest absolute Gasteiger partial charge is 0.325 e. The van der Waals surface area contributed by atoms with Crippen LogP contribution >= 0.6 is 0 Å². The lowest BCUT2D eigenvalue weighted by molar-refractivity contribution is -0.147. The summed E-state index contributed by atoms with van der Waals surface area (Å²) in [5.74, 6) is 0.248. The van der Waals surface area contributed by atoms with Crippen molar-refractivity contribution in [1.29, 1.82) is 0 Å². The molecule has 0 aromatic heterocycles. The summed E-state index contributed by atoms with van der Waals surface area (Å²) in [6.07, 6.45) is 0. The van der Waals surface area contributed by atoms with Gasteiger partial charge in [-0.15, -0.1) is 0 Å². The maximum Gasteiger partial charge on any atom is 0.325 e. The Morgan fingerprint density at radius 1 is 1.18 bits per heavy atom. The number of hydrogen-bond donors (Lipinski definition) is 1. The third-order valence-electron chi connectivity index (χ3n) is 2.03. The number of nitrogens with one attached hydrogen (secondary N) is 1. The first-order chi connectivity index (χ1) is 8.11. The summed E-state index contributed by atoms with van der Waals surface area (Å²) in [5.41, 5.74) is 0. The second-order valence-electron chi connectivity index (χ2n) is 4.14. The number of carbonyl (C=O) groups is 1. The minimum absolute atomic E-state index is 0.280. The van der Waals surface area contributed by atoms with E-state index in [0.29, 0.717) is 32.3 Å². The molecule has 0 rings (SSSR count). The highest BCUT2D eigenvalue weighted by Crippen LogP contribution is 1.93. The topological polar surface area (TPSA) is 56.8 Å². The van der Waals surface area contributed by atoms with Crippen molar-refractivity contribution < 1.29 is 19.0 Å². The van der Waals surface area contributed by atoms with E-state index in [1.807, 2.05) is 0 Å². The van der Waals surface area contributed by atoms with Crippen molar-refractivity contribution in [1.82, 2.24) is 5.32 Å². The van der Waals surface area contributed by atoms with E-state index in [4.69, 9.17) is 14.2 Å². The van der Waals surface area contributed by atoms with Crippen molar-refractivity contribution in [3.8, 4) is 0 Å². The number of ether oxygens (including phenoxy) is 3. The zero-order chi connectivity index (χ0) is 13.1. The van der Waals surface area contributed by atoms with Gasteiger partial charge in [0.05, 0.1) is 26.4 Å². The molecule has 1 N–H and O–H groups in total. The highest BCUT2D eigenvalue weighted by Gasteiger charge is 2.17. The molecule has 0 aliphatic heterocycles. The normalized spacial score (nSPS) is 12.8. The highest BCUT2D eigenvalue weighted by atomic mass is 16.5. The summed E-state index contributed by atoms with van der Waals surface area (Å²) in [5, 5.41) is 2.86. The minimum Gasteiger partial charge on any atom is -0.465 e. The molecule has 0 aromatic rings. The van der Waals surface area contributed by atoms with Crippen molar-refractivity contribution in [2.45, 2.75) is 26.8 Å². The van der Waals surface area contributed by atoms with Gasteiger partial charge in [0.15, 0.2) is 0 Å². The minimum atomic E-state index is -0.403. The number of esters is 1. The Bertz CT molecular complexity index is 197.